The molecule has 0 aliphatic heterocycles. The molecular weight excluding hydrogens is 941 g/mol. The first kappa shape index (κ1) is 49.6. The van der Waals surface area contributed by atoms with Crippen LogP contribution in [0.2, 0.25) is 0 Å². The molecule has 0 amide bonds. The Hall–Kier alpha value is -9.24. The second-order valence-electron chi connectivity index (χ2n) is 21.3. The standard InChI is InChI=1S/C76H64N2/c1-4-76(53-55(2)51-56(3)54-76)67-37-25-59(26-38-67)62-31-41-69(42-32-62)77(68-39-27-60(28-40-68)57-17-9-5-10-18-57)70-43-33-63(34-44-70)64-35-47-72(48-36-64)78(71-45-29-61(30-46-71)58-19-11-6-12-20-58)73-49-50-74(65-21-13-7-14-22-65)75(52-73)66-23-15-8-16-24-66/h5-50,52,56H,2,4,51,53-54H2,1,3H3. The molecule has 0 spiro atoms. The highest BCUT2D eigenvalue weighted by atomic mass is 15.1. The molecule has 12 rings (SSSR count). The molecular formula is C76H64N2. The van der Waals surface area contributed by atoms with Gasteiger partial charge in [-0.3, -0.25) is 0 Å². The van der Waals surface area contributed by atoms with E-state index >= 15 is 0 Å². The zero-order chi connectivity index (χ0) is 52.8. The first-order chi connectivity index (χ1) is 38.4. The SMILES string of the molecule is C=C1CC(C)CC(CC)(c2ccc(-c3ccc(N(c4ccc(-c5ccccc5)cc4)c4ccc(-c5ccc(N(c6ccc(-c7ccccc7)cc6)c6ccc(-c7ccccc7)c(-c7ccccc7)c6)cc5)cc4)cc3)cc2)C1. The second kappa shape index (κ2) is 22.2. The van der Waals surface area contributed by atoms with Crippen molar-refractivity contribution in [2.75, 3.05) is 9.80 Å². The predicted molar refractivity (Wildman–Crippen MR) is 333 cm³/mol. The van der Waals surface area contributed by atoms with Crippen LogP contribution in [0.15, 0.2) is 297 Å². The Labute approximate surface area is 461 Å². The lowest BCUT2D eigenvalue weighted by atomic mass is 9.63. The number of rotatable bonds is 14. The lowest BCUT2D eigenvalue weighted by Crippen LogP contribution is -2.32. The van der Waals surface area contributed by atoms with E-state index in [1.807, 2.05) is 0 Å². The minimum Gasteiger partial charge on any atom is -0.311 e. The van der Waals surface area contributed by atoms with Gasteiger partial charge in [0.2, 0.25) is 0 Å². The maximum Gasteiger partial charge on any atom is 0.0468 e. The van der Waals surface area contributed by atoms with Crippen LogP contribution in [0.5, 0.6) is 0 Å². The number of allylic oxidation sites excluding steroid dienone is 1. The summed E-state index contributed by atoms with van der Waals surface area (Å²) in [5.74, 6) is 0.663. The third-order valence-corrected chi connectivity index (χ3v) is 16.1. The van der Waals surface area contributed by atoms with Crippen LogP contribution in [0, 0.1) is 5.92 Å². The van der Waals surface area contributed by atoms with Crippen molar-refractivity contribution in [2.24, 2.45) is 5.92 Å². The maximum absolute atomic E-state index is 4.45. The van der Waals surface area contributed by atoms with Crippen LogP contribution in [-0.2, 0) is 5.41 Å². The van der Waals surface area contributed by atoms with Gasteiger partial charge in [-0.05, 0) is 182 Å². The van der Waals surface area contributed by atoms with Crippen molar-refractivity contribution in [3.05, 3.63) is 303 Å². The summed E-state index contributed by atoms with van der Waals surface area (Å²) in [7, 11) is 0. The molecule has 0 bridgehead atoms. The number of hydrogen-bond acceptors (Lipinski definition) is 2. The molecule has 0 radical (unpaired) electrons. The molecule has 1 aliphatic carbocycles. The van der Waals surface area contributed by atoms with Gasteiger partial charge in [-0.2, -0.15) is 0 Å². The Morgan fingerprint density at radius 3 is 0.987 bits per heavy atom. The number of hydrogen-bond donors (Lipinski definition) is 0. The molecule has 0 saturated heterocycles. The van der Waals surface area contributed by atoms with E-state index in [1.165, 1.54) is 73.2 Å². The molecule has 0 N–H and O–H groups in total. The average Bonchev–Trinajstić information content (AvgIpc) is 3.57. The zero-order valence-electron chi connectivity index (χ0n) is 44.6. The van der Waals surface area contributed by atoms with Crippen molar-refractivity contribution < 1.29 is 0 Å². The molecule has 0 aromatic heterocycles. The third kappa shape index (κ3) is 10.4. The monoisotopic (exact) mass is 1000 g/mol. The normalized spacial score (nSPS) is 15.2. The number of nitrogens with zero attached hydrogens (tertiary/aromatic N) is 2. The van der Waals surface area contributed by atoms with Gasteiger partial charge in [-0.25, -0.2) is 0 Å². The Bertz CT molecular complexity index is 3760. The quantitative estimate of drug-likeness (QED) is 0.100. The van der Waals surface area contributed by atoms with Crippen molar-refractivity contribution >= 4 is 34.1 Å². The number of benzene rings is 11. The average molecular weight is 1010 g/mol. The van der Waals surface area contributed by atoms with Crippen LogP contribution in [-0.4, -0.2) is 0 Å². The fourth-order valence-electron chi connectivity index (χ4n) is 12.1. The molecule has 11 aromatic carbocycles. The lowest BCUT2D eigenvalue weighted by molar-refractivity contribution is 0.271. The van der Waals surface area contributed by atoms with Gasteiger partial charge in [0.05, 0.1) is 0 Å². The first-order valence-electron chi connectivity index (χ1n) is 27.6. The van der Waals surface area contributed by atoms with Crippen molar-refractivity contribution in [1.82, 2.24) is 0 Å². The highest BCUT2D eigenvalue weighted by Crippen LogP contribution is 2.47. The number of anilines is 6. The topological polar surface area (TPSA) is 6.48 Å². The molecule has 2 nitrogen and oxygen atoms in total. The Morgan fingerprint density at radius 2 is 0.641 bits per heavy atom. The first-order valence-corrected chi connectivity index (χ1v) is 27.6. The maximum atomic E-state index is 4.45. The third-order valence-electron chi connectivity index (χ3n) is 16.1. The molecule has 2 atom stereocenters. The van der Waals surface area contributed by atoms with E-state index in [-0.39, 0.29) is 5.41 Å². The van der Waals surface area contributed by atoms with Crippen molar-refractivity contribution in [3.8, 4) is 66.8 Å². The van der Waals surface area contributed by atoms with Crippen LogP contribution in [0.25, 0.3) is 66.8 Å². The lowest BCUT2D eigenvalue weighted by Gasteiger charge is -2.41. The molecule has 1 fully saturated rings. The smallest absolute Gasteiger partial charge is 0.0468 e. The van der Waals surface area contributed by atoms with E-state index in [0.29, 0.717) is 5.92 Å². The van der Waals surface area contributed by atoms with Crippen LogP contribution in [0.4, 0.5) is 34.1 Å². The van der Waals surface area contributed by atoms with Gasteiger partial charge in [0.1, 0.15) is 0 Å². The Balaban J connectivity index is 0.865. The van der Waals surface area contributed by atoms with Gasteiger partial charge in [-0.1, -0.05) is 238 Å². The Kier molecular flexibility index (Phi) is 14.1. The van der Waals surface area contributed by atoms with Crippen LogP contribution < -0.4 is 9.80 Å². The minimum absolute atomic E-state index is 0.175. The van der Waals surface area contributed by atoms with E-state index in [2.05, 4.69) is 315 Å². The predicted octanol–water partition coefficient (Wildman–Crippen LogP) is 21.7. The van der Waals surface area contributed by atoms with E-state index < -0.39 is 0 Å². The summed E-state index contributed by atoms with van der Waals surface area (Å²) in [6.07, 6.45) is 4.59. The van der Waals surface area contributed by atoms with Crippen molar-refractivity contribution in [3.63, 3.8) is 0 Å². The molecule has 11 aromatic rings. The van der Waals surface area contributed by atoms with Gasteiger partial charge in [0.15, 0.2) is 0 Å². The summed E-state index contributed by atoms with van der Waals surface area (Å²) >= 11 is 0. The summed E-state index contributed by atoms with van der Waals surface area (Å²) in [6, 6.07) is 104. The summed E-state index contributed by atoms with van der Waals surface area (Å²) in [5.41, 5.74) is 23.8. The summed E-state index contributed by atoms with van der Waals surface area (Å²) < 4.78 is 0. The van der Waals surface area contributed by atoms with Gasteiger partial charge in [-0.15, -0.1) is 0 Å². The van der Waals surface area contributed by atoms with Crippen LogP contribution in [0.1, 0.15) is 45.1 Å². The van der Waals surface area contributed by atoms with Crippen LogP contribution >= 0.6 is 0 Å². The van der Waals surface area contributed by atoms with Gasteiger partial charge < -0.3 is 9.80 Å². The zero-order valence-corrected chi connectivity index (χ0v) is 44.6. The molecule has 1 aliphatic rings. The molecule has 78 heavy (non-hydrogen) atoms. The molecule has 378 valence electrons. The van der Waals surface area contributed by atoms with Gasteiger partial charge >= 0.3 is 0 Å². The van der Waals surface area contributed by atoms with Gasteiger partial charge in [0, 0.05) is 34.1 Å². The summed E-state index contributed by atoms with van der Waals surface area (Å²) in [4.78, 5) is 4.74. The van der Waals surface area contributed by atoms with Gasteiger partial charge in [0.25, 0.3) is 0 Å². The fraction of sp³-hybridized carbons (Fsp3) is 0.105. The second-order valence-corrected chi connectivity index (χ2v) is 21.3. The summed E-state index contributed by atoms with van der Waals surface area (Å²) in [6.45, 7) is 9.18. The van der Waals surface area contributed by atoms with Crippen molar-refractivity contribution in [1.29, 1.82) is 0 Å². The molecule has 2 heteroatoms. The molecule has 0 heterocycles. The van der Waals surface area contributed by atoms with E-state index in [4.69, 9.17) is 0 Å². The highest BCUT2D eigenvalue weighted by molar-refractivity contribution is 5.90. The highest BCUT2D eigenvalue weighted by Gasteiger charge is 2.36. The molecule has 2 unspecified atom stereocenters. The minimum atomic E-state index is 0.175. The fourth-order valence-corrected chi connectivity index (χ4v) is 12.1. The van der Waals surface area contributed by atoms with E-state index in [0.717, 1.165) is 64.5 Å². The van der Waals surface area contributed by atoms with Crippen molar-refractivity contribution in [2.45, 2.75) is 44.9 Å². The van der Waals surface area contributed by atoms with E-state index in [1.54, 1.807) is 0 Å². The van der Waals surface area contributed by atoms with E-state index in [9.17, 15) is 0 Å². The summed E-state index contributed by atoms with van der Waals surface area (Å²) in [5, 5.41) is 0. The van der Waals surface area contributed by atoms with Crippen LogP contribution in [0.3, 0.4) is 0 Å². The largest absolute Gasteiger partial charge is 0.311 e. The Morgan fingerprint density at radius 1 is 0.346 bits per heavy atom. The molecule has 1 saturated carbocycles.